The van der Waals surface area contributed by atoms with Gasteiger partial charge in [0.1, 0.15) is 0 Å². The lowest BCUT2D eigenvalue weighted by Gasteiger charge is -2.40. The predicted octanol–water partition coefficient (Wildman–Crippen LogP) is 2.98. The first-order valence-corrected chi connectivity index (χ1v) is 6.87. The van der Waals surface area contributed by atoms with Crippen LogP contribution < -0.4 is 0 Å². The summed E-state index contributed by atoms with van der Waals surface area (Å²) in [5, 5.41) is 0. The summed E-state index contributed by atoms with van der Waals surface area (Å²) in [6.07, 6.45) is 2.58. The Balaban J connectivity index is 2.65. The molecule has 2 atom stereocenters. The van der Waals surface area contributed by atoms with Crippen LogP contribution in [-0.4, -0.2) is 47.1 Å². The second kappa shape index (κ2) is 5.50. The molecule has 1 rings (SSSR count). The second-order valence-corrected chi connectivity index (χ2v) is 6.32. The van der Waals surface area contributed by atoms with Crippen molar-refractivity contribution in [3.63, 3.8) is 0 Å². The fourth-order valence-electron chi connectivity index (χ4n) is 2.85. The fourth-order valence-corrected chi connectivity index (χ4v) is 2.85. The standard InChI is InChI=1S/C14H30N2/c1-7-12(2)15-9-8-10-16(13(3)11-15)14(4,5)6/h12-13H,7-11H2,1-6H3/t12?,13-/m1/s1. The summed E-state index contributed by atoms with van der Waals surface area (Å²) in [6, 6.07) is 1.42. The van der Waals surface area contributed by atoms with Gasteiger partial charge in [-0.15, -0.1) is 0 Å². The van der Waals surface area contributed by atoms with Gasteiger partial charge >= 0.3 is 0 Å². The highest BCUT2D eigenvalue weighted by Crippen LogP contribution is 2.22. The molecule has 0 radical (unpaired) electrons. The summed E-state index contributed by atoms with van der Waals surface area (Å²) in [5.74, 6) is 0. The molecule has 1 unspecified atom stereocenters. The molecule has 2 nitrogen and oxygen atoms in total. The summed E-state index contributed by atoms with van der Waals surface area (Å²) in [5.41, 5.74) is 0.310. The van der Waals surface area contributed by atoms with Gasteiger partial charge in [0, 0.05) is 30.7 Å². The van der Waals surface area contributed by atoms with Crippen LogP contribution in [0.1, 0.15) is 54.4 Å². The quantitative estimate of drug-likeness (QED) is 0.714. The van der Waals surface area contributed by atoms with Crippen LogP contribution in [0.4, 0.5) is 0 Å². The second-order valence-electron chi connectivity index (χ2n) is 6.32. The zero-order chi connectivity index (χ0) is 12.3. The molecular formula is C14H30N2. The third-order valence-corrected chi connectivity index (χ3v) is 3.95. The van der Waals surface area contributed by atoms with Crippen molar-refractivity contribution in [1.29, 1.82) is 0 Å². The highest BCUT2D eigenvalue weighted by Gasteiger charge is 2.30. The molecule has 0 spiro atoms. The highest BCUT2D eigenvalue weighted by atomic mass is 15.3. The van der Waals surface area contributed by atoms with Gasteiger partial charge in [-0.1, -0.05) is 6.92 Å². The molecule has 0 aliphatic carbocycles. The van der Waals surface area contributed by atoms with Crippen LogP contribution in [0.25, 0.3) is 0 Å². The summed E-state index contributed by atoms with van der Waals surface area (Å²) >= 11 is 0. The Kier molecular flexibility index (Phi) is 4.81. The van der Waals surface area contributed by atoms with E-state index in [1.165, 1.54) is 32.5 Å². The zero-order valence-electron chi connectivity index (χ0n) is 12.1. The summed E-state index contributed by atoms with van der Waals surface area (Å²) in [7, 11) is 0. The van der Waals surface area contributed by atoms with E-state index in [0.717, 1.165) is 6.04 Å². The van der Waals surface area contributed by atoms with E-state index >= 15 is 0 Å². The molecule has 0 amide bonds. The highest BCUT2D eigenvalue weighted by molar-refractivity contribution is 4.86. The number of nitrogens with zero attached hydrogens (tertiary/aromatic N) is 2. The molecule has 96 valence electrons. The molecule has 0 aromatic carbocycles. The van der Waals surface area contributed by atoms with Crippen molar-refractivity contribution in [1.82, 2.24) is 9.80 Å². The average molecular weight is 226 g/mol. The minimum absolute atomic E-state index is 0.310. The fraction of sp³-hybridized carbons (Fsp3) is 1.00. The Labute approximate surface area is 102 Å². The molecule has 2 heteroatoms. The van der Waals surface area contributed by atoms with Crippen molar-refractivity contribution in [2.45, 2.75) is 72.0 Å². The summed E-state index contributed by atoms with van der Waals surface area (Å²) in [4.78, 5) is 5.33. The van der Waals surface area contributed by atoms with Crippen molar-refractivity contribution in [2.75, 3.05) is 19.6 Å². The van der Waals surface area contributed by atoms with Gasteiger partial charge in [-0.2, -0.15) is 0 Å². The first-order valence-electron chi connectivity index (χ1n) is 6.87. The molecule has 0 aromatic heterocycles. The summed E-state index contributed by atoms with van der Waals surface area (Å²) in [6.45, 7) is 17.8. The Hall–Kier alpha value is -0.0800. The normalized spacial score (nSPS) is 27.8. The van der Waals surface area contributed by atoms with Crippen molar-refractivity contribution in [2.24, 2.45) is 0 Å². The van der Waals surface area contributed by atoms with Crippen molar-refractivity contribution in [3.8, 4) is 0 Å². The van der Waals surface area contributed by atoms with E-state index in [9.17, 15) is 0 Å². The molecule has 1 aliphatic rings. The predicted molar refractivity (Wildman–Crippen MR) is 71.9 cm³/mol. The van der Waals surface area contributed by atoms with Crippen molar-refractivity contribution < 1.29 is 0 Å². The van der Waals surface area contributed by atoms with Crippen LogP contribution >= 0.6 is 0 Å². The topological polar surface area (TPSA) is 6.48 Å². The van der Waals surface area contributed by atoms with Gasteiger partial charge in [0.25, 0.3) is 0 Å². The average Bonchev–Trinajstić information content (AvgIpc) is 2.37. The largest absolute Gasteiger partial charge is 0.299 e. The molecule has 0 N–H and O–H groups in total. The lowest BCUT2D eigenvalue weighted by Crippen LogP contribution is -2.49. The Morgan fingerprint density at radius 2 is 1.88 bits per heavy atom. The lowest BCUT2D eigenvalue weighted by atomic mass is 10.0. The van der Waals surface area contributed by atoms with E-state index in [1.54, 1.807) is 0 Å². The van der Waals surface area contributed by atoms with Gasteiger partial charge in [0.05, 0.1) is 0 Å². The third kappa shape index (κ3) is 3.46. The van der Waals surface area contributed by atoms with Gasteiger partial charge in [0.15, 0.2) is 0 Å². The van der Waals surface area contributed by atoms with Crippen LogP contribution in [0.2, 0.25) is 0 Å². The van der Waals surface area contributed by atoms with E-state index in [1.807, 2.05) is 0 Å². The van der Waals surface area contributed by atoms with Gasteiger partial charge in [-0.3, -0.25) is 9.80 Å². The number of hydrogen-bond acceptors (Lipinski definition) is 2. The summed E-state index contributed by atoms with van der Waals surface area (Å²) < 4.78 is 0. The SMILES string of the molecule is CCC(C)N1CCCN(C(C)(C)C)[C@H](C)C1. The maximum absolute atomic E-state index is 2.66. The van der Waals surface area contributed by atoms with E-state index in [2.05, 4.69) is 51.3 Å². The lowest BCUT2D eigenvalue weighted by molar-refractivity contribution is 0.0841. The first kappa shape index (κ1) is 14.0. The number of hydrogen-bond donors (Lipinski definition) is 0. The molecule has 1 heterocycles. The zero-order valence-corrected chi connectivity index (χ0v) is 12.1. The van der Waals surface area contributed by atoms with Crippen molar-refractivity contribution in [3.05, 3.63) is 0 Å². The monoisotopic (exact) mass is 226 g/mol. The maximum atomic E-state index is 2.66. The third-order valence-electron chi connectivity index (χ3n) is 3.95. The van der Waals surface area contributed by atoms with Crippen LogP contribution in [0.5, 0.6) is 0 Å². The molecular weight excluding hydrogens is 196 g/mol. The molecule has 1 fully saturated rings. The Morgan fingerprint density at radius 1 is 1.25 bits per heavy atom. The molecule has 0 saturated carbocycles. The van der Waals surface area contributed by atoms with Crippen LogP contribution in [0.15, 0.2) is 0 Å². The molecule has 16 heavy (non-hydrogen) atoms. The minimum atomic E-state index is 0.310. The Morgan fingerprint density at radius 3 is 2.38 bits per heavy atom. The first-order chi connectivity index (χ1) is 7.36. The molecule has 0 aromatic rings. The van der Waals surface area contributed by atoms with Crippen LogP contribution in [0.3, 0.4) is 0 Å². The maximum Gasteiger partial charge on any atom is 0.0200 e. The van der Waals surface area contributed by atoms with Gasteiger partial charge in [0.2, 0.25) is 0 Å². The van der Waals surface area contributed by atoms with E-state index in [4.69, 9.17) is 0 Å². The molecule has 0 bridgehead atoms. The van der Waals surface area contributed by atoms with Gasteiger partial charge < -0.3 is 0 Å². The molecule has 1 saturated heterocycles. The van der Waals surface area contributed by atoms with Crippen molar-refractivity contribution >= 4 is 0 Å². The minimum Gasteiger partial charge on any atom is -0.299 e. The smallest absolute Gasteiger partial charge is 0.0200 e. The van der Waals surface area contributed by atoms with Gasteiger partial charge in [-0.25, -0.2) is 0 Å². The molecule has 1 aliphatic heterocycles. The van der Waals surface area contributed by atoms with Crippen LogP contribution in [-0.2, 0) is 0 Å². The number of rotatable bonds is 2. The van der Waals surface area contributed by atoms with Crippen LogP contribution in [0, 0.1) is 0 Å². The Bertz CT molecular complexity index is 207. The van der Waals surface area contributed by atoms with E-state index in [0.29, 0.717) is 11.6 Å². The van der Waals surface area contributed by atoms with E-state index in [-0.39, 0.29) is 0 Å². The van der Waals surface area contributed by atoms with Gasteiger partial charge in [-0.05, 0) is 54.0 Å². The van der Waals surface area contributed by atoms with E-state index < -0.39 is 0 Å².